The third-order valence-electron chi connectivity index (χ3n) is 3.27. The van der Waals surface area contributed by atoms with E-state index in [1.807, 2.05) is 30.0 Å². The van der Waals surface area contributed by atoms with Gasteiger partial charge < -0.3 is 10.2 Å². The molecule has 0 bridgehead atoms. The molecular weight excluding hydrogens is 248 g/mol. The number of benzene rings is 1. The summed E-state index contributed by atoms with van der Waals surface area (Å²) in [7, 11) is 0. The third-order valence-corrected chi connectivity index (χ3v) is 3.27. The molecule has 0 saturated carbocycles. The molecule has 1 amide bonds. The molecule has 1 unspecified atom stereocenters. The van der Waals surface area contributed by atoms with E-state index in [1.54, 1.807) is 0 Å². The van der Waals surface area contributed by atoms with Gasteiger partial charge in [0.25, 0.3) is 0 Å². The number of halogens is 1. The zero-order valence-electron chi connectivity index (χ0n) is 10.8. The van der Waals surface area contributed by atoms with Crippen LogP contribution in [0.1, 0.15) is 25.3 Å². The molecule has 1 atom stereocenters. The smallest absolute Gasteiger partial charge is 0.239 e. The van der Waals surface area contributed by atoms with Gasteiger partial charge in [-0.05, 0) is 31.9 Å². The van der Waals surface area contributed by atoms with Crippen molar-refractivity contribution in [1.82, 2.24) is 10.2 Å². The molecule has 1 fully saturated rings. The summed E-state index contributed by atoms with van der Waals surface area (Å²) in [5, 5.41) is 3.27. The van der Waals surface area contributed by atoms with Crippen molar-refractivity contribution in [2.24, 2.45) is 0 Å². The lowest BCUT2D eigenvalue weighted by Crippen LogP contribution is -2.43. The topological polar surface area (TPSA) is 32.3 Å². The minimum atomic E-state index is 0. The van der Waals surface area contributed by atoms with Crippen molar-refractivity contribution in [3.8, 4) is 0 Å². The highest BCUT2D eigenvalue weighted by Gasteiger charge is 2.25. The monoisotopic (exact) mass is 268 g/mol. The minimum Gasteiger partial charge on any atom is -0.337 e. The van der Waals surface area contributed by atoms with Crippen LogP contribution in [-0.2, 0) is 11.3 Å². The van der Waals surface area contributed by atoms with E-state index in [-0.39, 0.29) is 24.4 Å². The number of hydrogen-bond donors (Lipinski definition) is 1. The van der Waals surface area contributed by atoms with E-state index < -0.39 is 0 Å². The summed E-state index contributed by atoms with van der Waals surface area (Å²) < 4.78 is 0. The van der Waals surface area contributed by atoms with E-state index >= 15 is 0 Å². The standard InChI is InChI=1S/C14H20N2O.ClH/c1-2-16(11-12-7-4-3-5-8-12)14(17)13-9-6-10-15-13;/h3-5,7-8,13,15H,2,6,9-11H2,1H3;1H. The molecule has 0 spiro atoms. The van der Waals surface area contributed by atoms with E-state index in [1.165, 1.54) is 5.56 Å². The Kier molecular flexibility index (Phi) is 6.16. The molecule has 1 aromatic carbocycles. The van der Waals surface area contributed by atoms with E-state index in [4.69, 9.17) is 0 Å². The maximum absolute atomic E-state index is 12.2. The van der Waals surface area contributed by atoms with E-state index in [0.717, 1.165) is 25.9 Å². The van der Waals surface area contributed by atoms with Gasteiger partial charge in [0.15, 0.2) is 0 Å². The second kappa shape index (κ2) is 7.39. The first-order valence-corrected chi connectivity index (χ1v) is 6.37. The molecule has 1 aliphatic rings. The molecule has 3 nitrogen and oxygen atoms in total. The molecule has 1 aliphatic heterocycles. The summed E-state index contributed by atoms with van der Waals surface area (Å²) in [5.74, 6) is 0.244. The Balaban J connectivity index is 0.00000162. The molecule has 100 valence electrons. The molecule has 4 heteroatoms. The molecule has 0 aliphatic carbocycles. The highest BCUT2D eigenvalue weighted by Crippen LogP contribution is 2.11. The number of nitrogens with one attached hydrogen (secondary N) is 1. The summed E-state index contributed by atoms with van der Waals surface area (Å²) in [5.41, 5.74) is 1.20. The Bertz CT molecular complexity index is 363. The number of amides is 1. The average molecular weight is 269 g/mol. The third kappa shape index (κ3) is 3.72. The van der Waals surface area contributed by atoms with Gasteiger partial charge in [-0.25, -0.2) is 0 Å². The summed E-state index contributed by atoms with van der Waals surface area (Å²) in [6.07, 6.45) is 2.09. The van der Waals surface area contributed by atoms with Crippen LogP contribution in [0.4, 0.5) is 0 Å². The highest BCUT2D eigenvalue weighted by molar-refractivity contribution is 5.85. The number of carbonyl (C=O) groups excluding carboxylic acids is 1. The van der Waals surface area contributed by atoms with Gasteiger partial charge in [0.2, 0.25) is 5.91 Å². The SMILES string of the molecule is CCN(Cc1ccccc1)C(=O)C1CCCN1.Cl. The zero-order chi connectivity index (χ0) is 12.1. The van der Waals surface area contributed by atoms with Gasteiger partial charge in [0.1, 0.15) is 0 Å². The van der Waals surface area contributed by atoms with Gasteiger partial charge in [-0.1, -0.05) is 30.3 Å². The van der Waals surface area contributed by atoms with Crippen molar-refractivity contribution in [2.45, 2.75) is 32.4 Å². The van der Waals surface area contributed by atoms with Crippen LogP contribution in [0.25, 0.3) is 0 Å². The average Bonchev–Trinajstić information content (AvgIpc) is 2.90. The van der Waals surface area contributed by atoms with E-state index in [9.17, 15) is 4.79 Å². The molecule has 0 radical (unpaired) electrons. The quantitative estimate of drug-likeness (QED) is 0.908. The minimum absolute atomic E-state index is 0. The Morgan fingerprint density at radius 3 is 2.67 bits per heavy atom. The summed E-state index contributed by atoms with van der Waals surface area (Å²) in [6, 6.07) is 10.2. The zero-order valence-corrected chi connectivity index (χ0v) is 11.6. The Morgan fingerprint density at radius 2 is 2.11 bits per heavy atom. The maximum atomic E-state index is 12.2. The van der Waals surface area contributed by atoms with Gasteiger partial charge in [0, 0.05) is 13.1 Å². The fourth-order valence-electron chi connectivity index (χ4n) is 2.27. The van der Waals surface area contributed by atoms with Crippen molar-refractivity contribution in [1.29, 1.82) is 0 Å². The lowest BCUT2D eigenvalue weighted by Gasteiger charge is -2.24. The number of likely N-dealkylation sites (N-methyl/N-ethyl adjacent to an activating group) is 1. The molecule has 18 heavy (non-hydrogen) atoms. The van der Waals surface area contributed by atoms with Gasteiger partial charge in [-0.15, -0.1) is 12.4 Å². The van der Waals surface area contributed by atoms with Crippen molar-refractivity contribution < 1.29 is 4.79 Å². The van der Waals surface area contributed by atoms with Crippen LogP contribution in [0.3, 0.4) is 0 Å². The van der Waals surface area contributed by atoms with Crippen LogP contribution < -0.4 is 5.32 Å². The van der Waals surface area contributed by atoms with Crippen LogP contribution >= 0.6 is 12.4 Å². The first-order chi connectivity index (χ1) is 8.31. The Labute approximate surface area is 115 Å². The second-order valence-electron chi connectivity index (χ2n) is 4.49. The molecule has 1 aromatic rings. The van der Waals surface area contributed by atoms with Gasteiger partial charge in [0.05, 0.1) is 6.04 Å². The Hall–Kier alpha value is -1.06. The van der Waals surface area contributed by atoms with Gasteiger partial charge >= 0.3 is 0 Å². The molecule has 1 heterocycles. The van der Waals surface area contributed by atoms with E-state index in [0.29, 0.717) is 6.54 Å². The van der Waals surface area contributed by atoms with E-state index in [2.05, 4.69) is 17.4 Å². The molecule has 0 aromatic heterocycles. The van der Waals surface area contributed by atoms with Crippen molar-refractivity contribution in [3.05, 3.63) is 35.9 Å². The molecule has 1 N–H and O–H groups in total. The van der Waals surface area contributed by atoms with Crippen molar-refractivity contribution >= 4 is 18.3 Å². The predicted molar refractivity (Wildman–Crippen MR) is 75.8 cm³/mol. The summed E-state index contributed by atoms with van der Waals surface area (Å²) >= 11 is 0. The molecule has 1 saturated heterocycles. The van der Waals surface area contributed by atoms with Crippen LogP contribution in [0.2, 0.25) is 0 Å². The lowest BCUT2D eigenvalue weighted by atomic mass is 10.1. The normalized spacial score (nSPS) is 18.2. The summed E-state index contributed by atoms with van der Waals surface area (Å²) in [6.45, 7) is 4.50. The van der Waals surface area contributed by atoms with Crippen molar-refractivity contribution in [3.63, 3.8) is 0 Å². The summed E-state index contributed by atoms with van der Waals surface area (Å²) in [4.78, 5) is 14.2. The first-order valence-electron chi connectivity index (χ1n) is 6.37. The van der Waals surface area contributed by atoms with Crippen LogP contribution in [0, 0.1) is 0 Å². The maximum Gasteiger partial charge on any atom is 0.239 e. The van der Waals surface area contributed by atoms with Crippen LogP contribution in [0.15, 0.2) is 30.3 Å². The first kappa shape index (κ1) is 15.0. The second-order valence-corrected chi connectivity index (χ2v) is 4.49. The Morgan fingerprint density at radius 1 is 1.39 bits per heavy atom. The molecular formula is C14H21ClN2O. The largest absolute Gasteiger partial charge is 0.337 e. The van der Waals surface area contributed by atoms with Crippen LogP contribution in [0.5, 0.6) is 0 Å². The number of rotatable bonds is 4. The van der Waals surface area contributed by atoms with Crippen molar-refractivity contribution in [2.75, 3.05) is 13.1 Å². The molecule has 2 rings (SSSR count). The number of hydrogen-bond acceptors (Lipinski definition) is 2. The van der Waals surface area contributed by atoms with Gasteiger partial charge in [-0.2, -0.15) is 0 Å². The predicted octanol–water partition coefficient (Wildman–Crippen LogP) is 2.21. The number of carbonyl (C=O) groups is 1. The van der Waals surface area contributed by atoms with Crippen LogP contribution in [-0.4, -0.2) is 29.9 Å². The lowest BCUT2D eigenvalue weighted by molar-refractivity contribution is -0.133. The van der Waals surface area contributed by atoms with Gasteiger partial charge in [-0.3, -0.25) is 4.79 Å². The fraction of sp³-hybridized carbons (Fsp3) is 0.500. The number of nitrogens with zero attached hydrogens (tertiary/aromatic N) is 1. The fourth-order valence-corrected chi connectivity index (χ4v) is 2.27. The highest BCUT2D eigenvalue weighted by atomic mass is 35.5.